The lowest BCUT2D eigenvalue weighted by Crippen LogP contribution is -2.41. The number of halogens is 1. The fraction of sp³-hybridized carbons (Fsp3) is 0.667. The van der Waals surface area contributed by atoms with Crippen molar-refractivity contribution in [2.24, 2.45) is 11.8 Å². The molecule has 0 aromatic heterocycles. The molecule has 2 atom stereocenters. The van der Waals surface area contributed by atoms with Gasteiger partial charge in [0.15, 0.2) is 0 Å². The zero-order chi connectivity index (χ0) is 15.2. The summed E-state index contributed by atoms with van der Waals surface area (Å²) >= 11 is 0. The average Bonchev–Trinajstić information content (AvgIpc) is 2.35. The fourth-order valence-corrected chi connectivity index (χ4v) is 2.55. The van der Waals surface area contributed by atoms with Crippen molar-refractivity contribution in [1.82, 2.24) is 5.32 Å². The Morgan fingerprint density at radius 1 is 1.20 bits per heavy atom. The normalized spacial score (nSPS) is 15.1. The van der Waals surface area contributed by atoms with Gasteiger partial charge in [-0.25, -0.2) is 4.39 Å². The Labute approximate surface area is 124 Å². The summed E-state index contributed by atoms with van der Waals surface area (Å²) < 4.78 is 13.9. The standard InChI is InChI=1S/C18H30FN/c1-6-9-14(2)16(13-20-18(3,4)5)12-15-10-7-8-11-17(15)19/h7-8,10-11,14,16,20H,6,9,12-13H2,1-5H3. The van der Waals surface area contributed by atoms with Gasteiger partial charge in [-0.2, -0.15) is 0 Å². The van der Waals surface area contributed by atoms with Crippen LogP contribution in [-0.2, 0) is 6.42 Å². The van der Waals surface area contributed by atoms with E-state index in [1.165, 1.54) is 12.8 Å². The van der Waals surface area contributed by atoms with Gasteiger partial charge in [0, 0.05) is 5.54 Å². The maximum atomic E-state index is 13.9. The first-order valence-corrected chi connectivity index (χ1v) is 7.82. The van der Waals surface area contributed by atoms with Gasteiger partial charge in [-0.05, 0) is 57.2 Å². The highest BCUT2D eigenvalue weighted by atomic mass is 19.1. The minimum absolute atomic E-state index is 0.0723. The van der Waals surface area contributed by atoms with E-state index < -0.39 is 0 Å². The molecule has 0 amide bonds. The van der Waals surface area contributed by atoms with Gasteiger partial charge in [-0.1, -0.05) is 44.9 Å². The van der Waals surface area contributed by atoms with Crippen molar-refractivity contribution in [3.05, 3.63) is 35.6 Å². The topological polar surface area (TPSA) is 12.0 Å². The molecular weight excluding hydrogens is 249 g/mol. The van der Waals surface area contributed by atoms with Gasteiger partial charge in [0.1, 0.15) is 5.82 Å². The highest BCUT2D eigenvalue weighted by Crippen LogP contribution is 2.23. The molecule has 0 saturated carbocycles. The van der Waals surface area contributed by atoms with Gasteiger partial charge in [-0.15, -0.1) is 0 Å². The molecule has 1 rings (SSSR count). The van der Waals surface area contributed by atoms with Gasteiger partial charge in [0.25, 0.3) is 0 Å². The lowest BCUT2D eigenvalue weighted by molar-refractivity contribution is 0.283. The lowest BCUT2D eigenvalue weighted by Gasteiger charge is -2.29. The SMILES string of the molecule is CCCC(C)C(CNC(C)(C)C)Cc1ccccc1F. The summed E-state index contributed by atoms with van der Waals surface area (Å²) in [7, 11) is 0. The summed E-state index contributed by atoms with van der Waals surface area (Å²) in [5, 5.41) is 3.58. The number of nitrogens with one attached hydrogen (secondary N) is 1. The molecule has 0 spiro atoms. The van der Waals surface area contributed by atoms with E-state index in [1.807, 2.05) is 12.1 Å². The first kappa shape index (κ1) is 17.2. The molecule has 2 unspecified atom stereocenters. The zero-order valence-corrected chi connectivity index (χ0v) is 13.7. The van der Waals surface area contributed by atoms with Crippen LogP contribution < -0.4 is 5.32 Å². The van der Waals surface area contributed by atoms with Crippen LogP contribution in [0.5, 0.6) is 0 Å². The van der Waals surface area contributed by atoms with Crippen LogP contribution in [0.15, 0.2) is 24.3 Å². The van der Waals surface area contributed by atoms with Crippen LogP contribution >= 0.6 is 0 Å². The molecule has 20 heavy (non-hydrogen) atoms. The number of hydrogen-bond donors (Lipinski definition) is 1. The predicted molar refractivity (Wildman–Crippen MR) is 85.4 cm³/mol. The third-order valence-corrected chi connectivity index (χ3v) is 3.88. The molecule has 1 nitrogen and oxygen atoms in total. The Kier molecular flexibility index (Phi) is 6.67. The van der Waals surface area contributed by atoms with Gasteiger partial charge in [0.05, 0.1) is 0 Å². The zero-order valence-electron chi connectivity index (χ0n) is 13.7. The first-order chi connectivity index (χ1) is 9.33. The Morgan fingerprint density at radius 3 is 2.40 bits per heavy atom. The molecule has 0 fully saturated rings. The monoisotopic (exact) mass is 279 g/mol. The second-order valence-corrected chi connectivity index (χ2v) is 6.95. The quantitative estimate of drug-likeness (QED) is 0.755. The summed E-state index contributed by atoms with van der Waals surface area (Å²) in [6, 6.07) is 7.17. The van der Waals surface area contributed by atoms with Crippen LogP contribution in [0.25, 0.3) is 0 Å². The molecule has 2 heteroatoms. The largest absolute Gasteiger partial charge is 0.312 e. The molecule has 0 radical (unpaired) electrons. The van der Waals surface area contributed by atoms with E-state index in [-0.39, 0.29) is 11.4 Å². The molecule has 0 aliphatic carbocycles. The molecule has 0 bridgehead atoms. The Bertz CT molecular complexity index is 395. The smallest absolute Gasteiger partial charge is 0.126 e. The van der Waals surface area contributed by atoms with Crippen molar-refractivity contribution in [3.8, 4) is 0 Å². The van der Waals surface area contributed by atoms with Crippen LogP contribution in [-0.4, -0.2) is 12.1 Å². The molecule has 0 aliphatic rings. The summed E-state index contributed by atoms with van der Waals surface area (Å²) in [5.41, 5.74) is 0.954. The van der Waals surface area contributed by atoms with Crippen molar-refractivity contribution >= 4 is 0 Å². The van der Waals surface area contributed by atoms with Crippen LogP contribution in [0, 0.1) is 17.7 Å². The minimum atomic E-state index is -0.0723. The van der Waals surface area contributed by atoms with E-state index >= 15 is 0 Å². The maximum Gasteiger partial charge on any atom is 0.126 e. The van der Waals surface area contributed by atoms with E-state index in [0.717, 1.165) is 18.5 Å². The number of rotatable bonds is 7. The Balaban J connectivity index is 2.74. The second-order valence-electron chi connectivity index (χ2n) is 6.95. The van der Waals surface area contributed by atoms with E-state index in [1.54, 1.807) is 12.1 Å². The predicted octanol–water partition coefficient (Wildman–Crippen LogP) is 4.81. The molecule has 0 heterocycles. The van der Waals surface area contributed by atoms with Gasteiger partial charge in [0.2, 0.25) is 0 Å². The number of hydrogen-bond acceptors (Lipinski definition) is 1. The molecule has 1 aromatic rings. The Hall–Kier alpha value is -0.890. The van der Waals surface area contributed by atoms with Crippen LogP contribution in [0.4, 0.5) is 4.39 Å². The molecule has 114 valence electrons. The van der Waals surface area contributed by atoms with Crippen molar-refractivity contribution in [2.45, 2.75) is 59.4 Å². The van der Waals surface area contributed by atoms with Crippen molar-refractivity contribution in [1.29, 1.82) is 0 Å². The fourth-order valence-electron chi connectivity index (χ4n) is 2.55. The van der Waals surface area contributed by atoms with Crippen LogP contribution in [0.3, 0.4) is 0 Å². The first-order valence-electron chi connectivity index (χ1n) is 7.82. The minimum Gasteiger partial charge on any atom is -0.312 e. The molecular formula is C18H30FN. The summed E-state index contributed by atoms with van der Waals surface area (Å²) in [6.45, 7) is 12.0. The molecule has 0 aliphatic heterocycles. The highest BCUT2D eigenvalue weighted by molar-refractivity contribution is 5.18. The van der Waals surface area contributed by atoms with Crippen molar-refractivity contribution in [2.75, 3.05) is 6.54 Å². The summed E-state index contributed by atoms with van der Waals surface area (Å²) in [4.78, 5) is 0. The van der Waals surface area contributed by atoms with Crippen LogP contribution in [0.1, 0.15) is 53.0 Å². The average molecular weight is 279 g/mol. The highest BCUT2D eigenvalue weighted by Gasteiger charge is 2.21. The van der Waals surface area contributed by atoms with Gasteiger partial charge >= 0.3 is 0 Å². The third kappa shape index (κ3) is 6.04. The van der Waals surface area contributed by atoms with Crippen molar-refractivity contribution in [3.63, 3.8) is 0 Å². The molecule has 1 N–H and O–H groups in total. The molecule has 0 saturated heterocycles. The van der Waals surface area contributed by atoms with E-state index in [9.17, 15) is 4.39 Å². The van der Waals surface area contributed by atoms with Gasteiger partial charge < -0.3 is 5.32 Å². The number of benzene rings is 1. The summed E-state index contributed by atoms with van der Waals surface area (Å²) in [6.07, 6.45) is 3.20. The van der Waals surface area contributed by atoms with Crippen LogP contribution in [0.2, 0.25) is 0 Å². The Morgan fingerprint density at radius 2 is 1.85 bits per heavy atom. The molecule has 1 aromatic carbocycles. The van der Waals surface area contributed by atoms with Crippen molar-refractivity contribution < 1.29 is 4.39 Å². The lowest BCUT2D eigenvalue weighted by atomic mass is 9.84. The van der Waals surface area contributed by atoms with E-state index in [4.69, 9.17) is 0 Å². The summed E-state index contributed by atoms with van der Waals surface area (Å²) in [5.74, 6) is 1.01. The van der Waals surface area contributed by atoms with Gasteiger partial charge in [-0.3, -0.25) is 0 Å². The third-order valence-electron chi connectivity index (χ3n) is 3.88. The second kappa shape index (κ2) is 7.78. The van der Waals surface area contributed by atoms with E-state index in [2.05, 4.69) is 39.9 Å². The maximum absolute atomic E-state index is 13.9. The van der Waals surface area contributed by atoms with E-state index in [0.29, 0.717) is 11.8 Å².